The first-order chi connectivity index (χ1) is 9.16. The Morgan fingerprint density at radius 3 is 2.60 bits per heavy atom. The largest absolute Gasteiger partial charge is 0.398 e. The van der Waals surface area contributed by atoms with Crippen LogP contribution in [0.15, 0.2) is 17.0 Å². The van der Waals surface area contributed by atoms with Crippen LogP contribution in [0.2, 0.25) is 0 Å². The SMILES string of the molecule is Cc1c(N)cc(S(=O)(=O)N2CCOCC2(C)C)cc1F. The van der Waals surface area contributed by atoms with Crippen LogP contribution < -0.4 is 5.73 Å². The maximum atomic E-state index is 13.7. The number of nitrogens with two attached hydrogens (primary N) is 1. The molecular weight excluding hydrogens is 283 g/mol. The van der Waals surface area contributed by atoms with Gasteiger partial charge >= 0.3 is 0 Å². The van der Waals surface area contributed by atoms with E-state index in [2.05, 4.69) is 0 Å². The van der Waals surface area contributed by atoms with Gasteiger partial charge < -0.3 is 10.5 Å². The molecule has 2 rings (SSSR count). The van der Waals surface area contributed by atoms with Crippen molar-refractivity contribution >= 4 is 15.7 Å². The van der Waals surface area contributed by atoms with E-state index in [1.807, 2.05) is 0 Å². The normalized spacial score (nSPS) is 20.0. The number of hydrogen-bond acceptors (Lipinski definition) is 4. The van der Waals surface area contributed by atoms with E-state index in [4.69, 9.17) is 10.5 Å². The highest BCUT2D eigenvalue weighted by Gasteiger charge is 2.40. The van der Waals surface area contributed by atoms with Crippen molar-refractivity contribution in [1.29, 1.82) is 0 Å². The van der Waals surface area contributed by atoms with E-state index in [0.717, 1.165) is 6.07 Å². The molecule has 0 aliphatic carbocycles. The molecule has 1 aliphatic heterocycles. The van der Waals surface area contributed by atoms with Crippen LogP contribution in [0.4, 0.5) is 10.1 Å². The highest BCUT2D eigenvalue weighted by molar-refractivity contribution is 7.89. The summed E-state index contributed by atoms with van der Waals surface area (Å²) in [6, 6.07) is 2.33. The monoisotopic (exact) mass is 302 g/mol. The number of nitrogen functional groups attached to an aromatic ring is 1. The second-order valence-electron chi connectivity index (χ2n) is 5.56. The van der Waals surface area contributed by atoms with Crippen LogP contribution in [0.5, 0.6) is 0 Å². The minimum absolute atomic E-state index is 0.118. The third-order valence-electron chi connectivity index (χ3n) is 3.52. The number of ether oxygens (including phenoxy) is 1. The summed E-state index contributed by atoms with van der Waals surface area (Å²) in [7, 11) is -3.80. The molecule has 1 fully saturated rings. The number of rotatable bonds is 2. The molecule has 0 aromatic heterocycles. The van der Waals surface area contributed by atoms with Gasteiger partial charge in [0.1, 0.15) is 5.82 Å². The molecule has 0 spiro atoms. The Labute approximate surface area is 118 Å². The molecule has 0 saturated carbocycles. The maximum absolute atomic E-state index is 13.7. The van der Waals surface area contributed by atoms with Crippen molar-refractivity contribution in [2.45, 2.75) is 31.2 Å². The second kappa shape index (κ2) is 4.98. The highest BCUT2D eigenvalue weighted by atomic mass is 32.2. The Bertz CT molecular complexity index is 605. The molecule has 1 aromatic carbocycles. The van der Waals surface area contributed by atoms with E-state index in [-0.39, 0.29) is 22.7 Å². The van der Waals surface area contributed by atoms with Gasteiger partial charge in [0.05, 0.1) is 23.6 Å². The Morgan fingerprint density at radius 1 is 1.40 bits per heavy atom. The molecule has 20 heavy (non-hydrogen) atoms. The van der Waals surface area contributed by atoms with Gasteiger partial charge in [0.2, 0.25) is 10.0 Å². The van der Waals surface area contributed by atoms with E-state index in [1.54, 1.807) is 13.8 Å². The standard InChI is InChI=1S/C13H19FN2O3S/c1-9-11(14)6-10(7-12(9)15)20(17,18)16-4-5-19-8-13(16,2)3/h6-7H,4-5,8,15H2,1-3H3. The second-order valence-corrected chi connectivity index (χ2v) is 7.42. The molecule has 0 bridgehead atoms. The molecule has 1 saturated heterocycles. The summed E-state index contributed by atoms with van der Waals surface area (Å²) in [4.78, 5) is -0.118. The van der Waals surface area contributed by atoms with Gasteiger partial charge in [0.25, 0.3) is 0 Å². The van der Waals surface area contributed by atoms with E-state index >= 15 is 0 Å². The third-order valence-corrected chi connectivity index (χ3v) is 5.60. The average Bonchev–Trinajstić information content (AvgIpc) is 2.34. The van der Waals surface area contributed by atoms with Crippen molar-refractivity contribution in [2.24, 2.45) is 0 Å². The van der Waals surface area contributed by atoms with Crippen molar-refractivity contribution in [3.63, 3.8) is 0 Å². The Balaban J connectivity index is 2.50. The van der Waals surface area contributed by atoms with Gasteiger partial charge in [-0.05, 0) is 32.9 Å². The molecule has 1 aromatic rings. The number of nitrogens with zero attached hydrogens (tertiary/aromatic N) is 1. The molecule has 5 nitrogen and oxygen atoms in total. The van der Waals surface area contributed by atoms with Crippen LogP contribution in [0.25, 0.3) is 0 Å². The minimum Gasteiger partial charge on any atom is -0.398 e. The van der Waals surface area contributed by atoms with Crippen LogP contribution in [0, 0.1) is 12.7 Å². The summed E-state index contributed by atoms with van der Waals surface area (Å²) in [5, 5.41) is 0. The van der Waals surface area contributed by atoms with Crippen LogP contribution in [-0.4, -0.2) is 38.0 Å². The van der Waals surface area contributed by atoms with Gasteiger partial charge in [0.15, 0.2) is 0 Å². The molecule has 1 aliphatic rings. The fourth-order valence-electron chi connectivity index (χ4n) is 2.24. The zero-order valence-corrected chi connectivity index (χ0v) is 12.6. The minimum atomic E-state index is -3.80. The molecule has 1 heterocycles. The average molecular weight is 302 g/mol. The number of hydrogen-bond donors (Lipinski definition) is 1. The van der Waals surface area contributed by atoms with Gasteiger partial charge in [-0.1, -0.05) is 0 Å². The lowest BCUT2D eigenvalue weighted by Gasteiger charge is -2.40. The smallest absolute Gasteiger partial charge is 0.243 e. The van der Waals surface area contributed by atoms with E-state index in [1.165, 1.54) is 17.3 Å². The summed E-state index contributed by atoms with van der Waals surface area (Å²) in [6.45, 7) is 5.93. The van der Waals surface area contributed by atoms with E-state index in [9.17, 15) is 12.8 Å². The van der Waals surface area contributed by atoms with Gasteiger partial charge in [0, 0.05) is 17.8 Å². The van der Waals surface area contributed by atoms with Gasteiger partial charge in [-0.15, -0.1) is 0 Å². The summed E-state index contributed by atoms with van der Waals surface area (Å²) in [5.74, 6) is -0.616. The Morgan fingerprint density at radius 2 is 2.05 bits per heavy atom. The molecule has 7 heteroatoms. The first-order valence-electron chi connectivity index (χ1n) is 6.32. The first kappa shape index (κ1) is 15.2. The summed E-state index contributed by atoms with van der Waals surface area (Å²) < 4.78 is 45.7. The van der Waals surface area contributed by atoms with E-state index < -0.39 is 21.4 Å². The number of benzene rings is 1. The molecule has 0 unspecified atom stereocenters. The van der Waals surface area contributed by atoms with Crippen LogP contribution in [-0.2, 0) is 14.8 Å². The lowest BCUT2D eigenvalue weighted by Crippen LogP contribution is -2.55. The molecule has 0 radical (unpaired) electrons. The van der Waals surface area contributed by atoms with E-state index in [0.29, 0.717) is 13.2 Å². The van der Waals surface area contributed by atoms with Gasteiger partial charge in [-0.25, -0.2) is 12.8 Å². The molecule has 0 amide bonds. The lowest BCUT2D eigenvalue weighted by atomic mass is 10.1. The predicted octanol–water partition coefficient (Wildman–Crippen LogP) is 1.52. The van der Waals surface area contributed by atoms with Crippen molar-refractivity contribution in [1.82, 2.24) is 4.31 Å². The number of anilines is 1. The molecule has 0 atom stereocenters. The van der Waals surface area contributed by atoms with Crippen LogP contribution in [0.3, 0.4) is 0 Å². The molecule has 2 N–H and O–H groups in total. The molecular formula is C13H19FN2O3S. The van der Waals surface area contributed by atoms with Gasteiger partial charge in [-0.2, -0.15) is 4.31 Å². The fraction of sp³-hybridized carbons (Fsp3) is 0.538. The van der Waals surface area contributed by atoms with Crippen molar-refractivity contribution in [3.05, 3.63) is 23.5 Å². The summed E-state index contributed by atoms with van der Waals surface area (Å²) >= 11 is 0. The number of sulfonamides is 1. The number of morpholine rings is 1. The van der Waals surface area contributed by atoms with Crippen LogP contribution >= 0.6 is 0 Å². The summed E-state index contributed by atoms with van der Waals surface area (Å²) in [6.07, 6.45) is 0. The Kier molecular flexibility index (Phi) is 3.79. The Hall–Kier alpha value is -1.18. The van der Waals surface area contributed by atoms with Crippen molar-refractivity contribution in [2.75, 3.05) is 25.5 Å². The van der Waals surface area contributed by atoms with Crippen LogP contribution in [0.1, 0.15) is 19.4 Å². The number of halogens is 1. The quantitative estimate of drug-likeness (QED) is 0.841. The molecule has 112 valence electrons. The fourth-order valence-corrected chi connectivity index (χ4v) is 4.04. The maximum Gasteiger partial charge on any atom is 0.243 e. The third kappa shape index (κ3) is 2.53. The topological polar surface area (TPSA) is 72.6 Å². The zero-order chi connectivity index (χ0) is 15.1. The van der Waals surface area contributed by atoms with Crippen molar-refractivity contribution < 1.29 is 17.5 Å². The van der Waals surface area contributed by atoms with Crippen molar-refractivity contribution in [3.8, 4) is 0 Å². The highest BCUT2D eigenvalue weighted by Crippen LogP contribution is 2.29. The summed E-state index contributed by atoms with van der Waals surface area (Å²) in [5.41, 5.74) is 5.38. The lowest BCUT2D eigenvalue weighted by molar-refractivity contribution is -0.00771. The first-order valence-corrected chi connectivity index (χ1v) is 7.76. The zero-order valence-electron chi connectivity index (χ0n) is 11.8. The van der Waals surface area contributed by atoms with Gasteiger partial charge in [-0.3, -0.25) is 0 Å². The predicted molar refractivity (Wildman–Crippen MR) is 74.3 cm³/mol.